The minimum absolute atomic E-state index is 0.00982. The van der Waals surface area contributed by atoms with Crippen LogP contribution in [0.4, 0.5) is 4.79 Å². The van der Waals surface area contributed by atoms with E-state index in [1.807, 2.05) is 12.1 Å². The molecule has 2 bridgehead atoms. The van der Waals surface area contributed by atoms with Gasteiger partial charge in [-0.25, -0.2) is 4.79 Å². The molecule has 0 heterocycles. The van der Waals surface area contributed by atoms with Crippen molar-refractivity contribution in [3.05, 3.63) is 29.8 Å². The maximum absolute atomic E-state index is 12.2. The van der Waals surface area contributed by atoms with E-state index < -0.39 is 0 Å². The maximum Gasteiger partial charge on any atom is 0.315 e. The Hall–Kier alpha value is -1.71. The first kappa shape index (κ1) is 15.8. The molecule has 4 nitrogen and oxygen atoms in total. The topological polar surface area (TPSA) is 50.4 Å². The summed E-state index contributed by atoms with van der Waals surface area (Å²) in [5, 5.41) is 6.28. The molecule has 0 aromatic heterocycles. The fourth-order valence-electron chi connectivity index (χ4n) is 5.57. The van der Waals surface area contributed by atoms with Crippen molar-refractivity contribution in [3.63, 3.8) is 0 Å². The van der Waals surface area contributed by atoms with E-state index in [-0.39, 0.29) is 6.03 Å². The number of ether oxygens (including phenoxy) is 1. The zero-order valence-corrected chi connectivity index (χ0v) is 14.5. The molecule has 0 aliphatic heterocycles. The van der Waals surface area contributed by atoms with Crippen molar-refractivity contribution < 1.29 is 9.53 Å². The Morgan fingerprint density at radius 1 is 1.12 bits per heavy atom. The minimum atomic E-state index is 0.00982. The molecule has 1 aromatic carbocycles. The van der Waals surface area contributed by atoms with Crippen molar-refractivity contribution in [3.8, 4) is 5.75 Å². The number of amides is 2. The van der Waals surface area contributed by atoms with Gasteiger partial charge in [0, 0.05) is 12.6 Å². The van der Waals surface area contributed by atoms with Crippen molar-refractivity contribution in [2.45, 2.75) is 44.6 Å². The Kier molecular flexibility index (Phi) is 4.38. The lowest BCUT2D eigenvalue weighted by Gasteiger charge is -2.32. The molecule has 0 spiro atoms. The molecule has 5 atom stereocenters. The quantitative estimate of drug-likeness (QED) is 0.871. The summed E-state index contributed by atoms with van der Waals surface area (Å²) in [6.45, 7) is 0.672. The van der Waals surface area contributed by atoms with E-state index in [0.717, 1.165) is 35.8 Å². The molecule has 1 aromatic rings. The summed E-state index contributed by atoms with van der Waals surface area (Å²) in [6, 6.07) is 8.44. The van der Waals surface area contributed by atoms with E-state index in [1.165, 1.54) is 37.7 Å². The summed E-state index contributed by atoms with van der Waals surface area (Å²) < 4.78 is 5.16. The van der Waals surface area contributed by atoms with Crippen molar-refractivity contribution in [2.24, 2.45) is 23.7 Å². The molecule has 130 valence electrons. The normalized spacial score (nSPS) is 33.3. The summed E-state index contributed by atoms with van der Waals surface area (Å²) in [6.07, 6.45) is 7.64. The highest BCUT2D eigenvalue weighted by Crippen LogP contribution is 2.58. The number of benzene rings is 1. The lowest BCUT2D eigenvalue weighted by molar-refractivity contribution is 0.198. The van der Waals surface area contributed by atoms with Crippen LogP contribution in [0.15, 0.2) is 24.3 Å². The van der Waals surface area contributed by atoms with Crippen LogP contribution in [0.2, 0.25) is 0 Å². The van der Waals surface area contributed by atoms with Gasteiger partial charge in [0.15, 0.2) is 0 Å². The minimum Gasteiger partial charge on any atom is -0.497 e. The van der Waals surface area contributed by atoms with Gasteiger partial charge in [0.05, 0.1) is 7.11 Å². The first-order chi connectivity index (χ1) is 11.7. The largest absolute Gasteiger partial charge is 0.497 e. The van der Waals surface area contributed by atoms with Crippen LogP contribution in [0.1, 0.15) is 37.7 Å². The van der Waals surface area contributed by atoms with Gasteiger partial charge >= 0.3 is 6.03 Å². The van der Waals surface area contributed by atoms with Gasteiger partial charge in [-0.1, -0.05) is 18.6 Å². The predicted octanol–water partition coefficient (Wildman–Crippen LogP) is 3.36. The summed E-state index contributed by atoms with van der Waals surface area (Å²) in [5.41, 5.74) is 1.21. The van der Waals surface area contributed by atoms with Crippen LogP contribution in [-0.4, -0.2) is 25.7 Å². The molecule has 2 N–H and O–H groups in total. The molecule has 3 saturated carbocycles. The fourth-order valence-corrected chi connectivity index (χ4v) is 5.57. The molecule has 0 radical (unpaired) electrons. The van der Waals surface area contributed by atoms with Crippen molar-refractivity contribution in [1.82, 2.24) is 10.6 Å². The SMILES string of the molecule is COc1ccc(CCNC(=O)NC2CC3CC2C2CCCC32)cc1. The van der Waals surface area contributed by atoms with Crippen LogP contribution < -0.4 is 15.4 Å². The van der Waals surface area contributed by atoms with Gasteiger partial charge in [0.1, 0.15) is 5.75 Å². The number of urea groups is 1. The van der Waals surface area contributed by atoms with Crippen LogP contribution in [0, 0.1) is 23.7 Å². The number of fused-ring (bicyclic) bond motifs is 5. The zero-order chi connectivity index (χ0) is 16.5. The highest BCUT2D eigenvalue weighted by molar-refractivity contribution is 5.74. The maximum atomic E-state index is 12.2. The molecule has 4 rings (SSSR count). The molecule has 3 fully saturated rings. The Labute approximate surface area is 144 Å². The standard InChI is InChI=1S/C20H28N2O2/c1-24-15-7-5-13(6-8-15)9-10-21-20(23)22-19-12-14-11-18(19)17-4-2-3-16(14)17/h5-8,14,16-19H,2-4,9-12H2,1H3,(H2,21,22,23). The molecule has 2 amide bonds. The van der Waals surface area contributed by atoms with Gasteiger partial charge in [-0.2, -0.15) is 0 Å². The van der Waals surface area contributed by atoms with Crippen LogP contribution in [0.5, 0.6) is 5.75 Å². The van der Waals surface area contributed by atoms with Gasteiger partial charge in [-0.15, -0.1) is 0 Å². The third-order valence-corrected chi connectivity index (χ3v) is 6.60. The fraction of sp³-hybridized carbons (Fsp3) is 0.650. The van der Waals surface area contributed by atoms with E-state index in [0.29, 0.717) is 12.6 Å². The van der Waals surface area contributed by atoms with Gasteiger partial charge in [0.2, 0.25) is 0 Å². The lowest BCUT2D eigenvalue weighted by atomic mass is 9.79. The highest BCUT2D eigenvalue weighted by Gasteiger charge is 2.53. The van der Waals surface area contributed by atoms with E-state index >= 15 is 0 Å². The lowest BCUT2D eigenvalue weighted by Crippen LogP contribution is -2.47. The summed E-state index contributed by atoms with van der Waals surface area (Å²) in [4.78, 5) is 12.2. The second-order valence-electron chi connectivity index (χ2n) is 7.76. The smallest absolute Gasteiger partial charge is 0.315 e. The Bertz CT molecular complexity index is 586. The summed E-state index contributed by atoms with van der Waals surface area (Å²) in [7, 11) is 1.67. The van der Waals surface area contributed by atoms with E-state index in [2.05, 4.69) is 22.8 Å². The molecular formula is C20H28N2O2. The molecule has 3 aliphatic rings. The number of rotatable bonds is 5. The van der Waals surface area contributed by atoms with Gasteiger partial charge < -0.3 is 15.4 Å². The molecule has 3 aliphatic carbocycles. The first-order valence-electron chi connectivity index (χ1n) is 9.42. The third kappa shape index (κ3) is 2.99. The van der Waals surface area contributed by atoms with Crippen molar-refractivity contribution in [1.29, 1.82) is 0 Å². The van der Waals surface area contributed by atoms with Crippen LogP contribution in [-0.2, 0) is 6.42 Å². The first-order valence-corrected chi connectivity index (χ1v) is 9.42. The highest BCUT2D eigenvalue weighted by atomic mass is 16.5. The van der Waals surface area contributed by atoms with Crippen molar-refractivity contribution in [2.75, 3.05) is 13.7 Å². The van der Waals surface area contributed by atoms with Gasteiger partial charge in [0.25, 0.3) is 0 Å². The number of methoxy groups -OCH3 is 1. The second kappa shape index (κ2) is 6.66. The average molecular weight is 328 g/mol. The molecule has 24 heavy (non-hydrogen) atoms. The number of nitrogens with one attached hydrogen (secondary N) is 2. The van der Waals surface area contributed by atoms with E-state index in [4.69, 9.17) is 4.74 Å². The van der Waals surface area contributed by atoms with Crippen molar-refractivity contribution >= 4 is 6.03 Å². The molecule has 0 saturated heterocycles. The predicted molar refractivity (Wildman–Crippen MR) is 94.1 cm³/mol. The Balaban J connectivity index is 1.21. The Morgan fingerprint density at radius 3 is 2.71 bits per heavy atom. The number of carbonyl (C=O) groups is 1. The van der Waals surface area contributed by atoms with Crippen LogP contribution >= 0.6 is 0 Å². The number of carbonyl (C=O) groups excluding carboxylic acids is 1. The van der Waals surface area contributed by atoms with Gasteiger partial charge in [-0.3, -0.25) is 0 Å². The molecular weight excluding hydrogens is 300 g/mol. The zero-order valence-electron chi connectivity index (χ0n) is 14.5. The second-order valence-corrected chi connectivity index (χ2v) is 7.76. The monoisotopic (exact) mass is 328 g/mol. The molecule has 4 heteroatoms. The summed E-state index contributed by atoms with van der Waals surface area (Å²) >= 11 is 0. The van der Waals surface area contributed by atoms with E-state index in [1.54, 1.807) is 7.11 Å². The Morgan fingerprint density at radius 2 is 1.92 bits per heavy atom. The third-order valence-electron chi connectivity index (χ3n) is 6.60. The molecule has 5 unspecified atom stereocenters. The van der Waals surface area contributed by atoms with E-state index in [9.17, 15) is 4.79 Å². The average Bonchev–Trinajstić information content (AvgIpc) is 3.28. The van der Waals surface area contributed by atoms with Crippen LogP contribution in [0.25, 0.3) is 0 Å². The number of hydrogen-bond acceptors (Lipinski definition) is 2. The van der Waals surface area contributed by atoms with Crippen LogP contribution in [0.3, 0.4) is 0 Å². The van der Waals surface area contributed by atoms with Gasteiger partial charge in [-0.05, 0) is 73.5 Å². The summed E-state index contributed by atoms with van der Waals surface area (Å²) in [5.74, 6) is 4.37. The number of hydrogen-bond donors (Lipinski definition) is 2.